The van der Waals surface area contributed by atoms with Gasteiger partial charge in [0.25, 0.3) is 0 Å². The molecule has 1 fully saturated rings. The van der Waals surface area contributed by atoms with Gasteiger partial charge in [0.15, 0.2) is 5.13 Å². The van der Waals surface area contributed by atoms with E-state index < -0.39 is 0 Å². The van der Waals surface area contributed by atoms with E-state index in [0.717, 1.165) is 16.9 Å². The fourth-order valence-electron chi connectivity index (χ4n) is 3.72. The third kappa shape index (κ3) is 5.09. The maximum atomic E-state index is 13.5. The summed E-state index contributed by atoms with van der Waals surface area (Å²) in [5.74, 6) is -0.0933. The van der Waals surface area contributed by atoms with Crippen LogP contribution < -0.4 is 4.90 Å². The number of aryl methyl sites for hydroxylation is 1. The molecule has 0 atom stereocenters. The standard InChI is InChI=1S/C25H25N3O2S/c1-19-18-31-25(26-19)28(22-10-6-3-7-11-22)24(30)21-14-16-27(17-15-21)23(29)13-12-20-8-4-2-5-9-20/h2-13,18,21H,14-17H2,1H3/b13-12+. The predicted octanol–water partition coefficient (Wildman–Crippen LogP) is 5.07. The third-order valence-corrected chi connectivity index (χ3v) is 6.35. The number of hydrogen-bond donors (Lipinski definition) is 0. The Hall–Kier alpha value is -3.25. The van der Waals surface area contributed by atoms with Crippen molar-refractivity contribution in [2.75, 3.05) is 18.0 Å². The lowest BCUT2D eigenvalue weighted by molar-refractivity contribution is -0.130. The van der Waals surface area contributed by atoms with E-state index in [0.29, 0.717) is 31.1 Å². The molecule has 158 valence electrons. The summed E-state index contributed by atoms with van der Waals surface area (Å²) in [6.45, 7) is 3.09. The first-order chi connectivity index (χ1) is 15.1. The molecule has 0 spiro atoms. The topological polar surface area (TPSA) is 53.5 Å². The molecule has 0 unspecified atom stereocenters. The minimum absolute atomic E-state index is 0.00906. The Morgan fingerprint density at radius 2 is 1.68 bits per heavy atom. The van der Waals surface area contributed by atoms with Crippen molar-refractivity contribution in [2.45, 2.75) is 19.8 Å². The Morgan fingerprint density at radius 1 is 1.03 bits per heavy atom. The molecule has 2 heterocycles. The molecule has 1 aromatic heterocycles. The number of carbonyl (C=O) groups excluding carboxylic acids is 2. The maximum Gasteiger partial charge on any atom is 0.246 e. The number of thiazole rings is 1. The van der Waals surface area contributed by atoms with Gasteiger partial charge in [-0.2, -0.15) is 0 Å². The van der Waals surface area contributed by atoms with Crippen molar-refractivity contribution in [1.29, 1.82) is 0 Å². The second-order valence-corrected chi connectivity index (χ2v) is 8.46. The zero-order valence-corrected chi connectivity index (χ0v) is 18.3. The normalized spacial score (nSPS) is 14.7. The summed E-state index contributed by atoms with van der Waals surface area (Å²) in [7, 11) is 0. The van der Waals surface area contributed by atoms with Crippen LogP contribution >= 0.6 is 11.3 Å². The maximum absolute atomic E-state index is 13.5. The second kappa shape index (κ2) is 9.71. The van der Waals surface area contributed by atoms with E-state index >= 15 is 0 Å². The van der Waals surface area contributed by atoms with Gasteiger partial charge < -0.3 is 4.90 Å². The number of anilines is 2. The summed E-state index contributed by atoms with van der Waals surface area (Å²) in [4.78, 5) is 34.1. The van der Waals surface area contributed by atoms with Crippen molar-refractivity contribution >= 4 is 40.0 Å². The molecule has 1 saturated heterocycles. The van der Waals surface area contributed by atoms with Crippen LogP contribution in [0.15, 0.2) is 72.1 Å². The van der Waals surface area contributed by atoms with Gasteiger partial charge in [-0.1, -0.05) is 48.5 Å². The van der Waals surface area contributed by atoms with Gasteiger partial charge in [-0.3, -0.25) is 14.5 Å². The lowest BCUT2D eigenvalue weighted by Gasteiger charge is -2.33. The van der Waals surface area contributed by atoms with Gasteiger partial charge in [-0.05, 0) is 43.5 Å². The van der Waals surface area contributed by atoms with E-state index in [1.807, 2.05) is 83.9 Å². The molecule has 2 amide bonds. The van der Waals surface area contributed by atoms with Crippen molar-refractivity contribution in [3.8, 4) is 0 Å². The molecular weight excluding hydrogens is 406 g/mol. The largest absolute Gasteiger partial charge is 0.339 e. The van der Waals surface area contributed by atoms with E-state index in [-0.39, 0.29) is 17.7 Å². The molecule has 6 heteroatoms. The molecule has 0 aliphatic carbocycles. The third-order valence-electron chi connectivity index (χ3n) is 5.41. The molecule has 1 aliphatic rings. The van der Waals surface area contributed by atoms with Crippen LogP contribution in [0.5, 0.6) is 0 Å². The van der Waals surface area contributed by atoms with Gasteiger partial charge >= 0.3 is 0 Å². The van der Waals surface area contributed by atoms with Crippen LogP contribution in [0.4, 0.5) is 10.8 Å². The Kier molecular flexibility index (Phi) is 6.57. The van der Waals surface area contributed by atoms with Gasteiger partial charge in [0.2, 0.25) is 11.8 Å². The van der Waals surface area contributed by atoms with Crippen LogP contribution in [0.1, 0.15) is 24.1 Å². The number of carbonyl (C=O) groups is 2. The predicted molar refractivity (Wildman–Crippen MR) is 125 cm³/mol. The Morgan fingerprint density at radius 3 is 2.29 bits per heavy atom. The molecule has 0 bridgehead atoms. The van der Waals surface area contributed by atoms with Gasteiger partial charge in [-0.15, -0.1) is 11.3 Å². The lowest BCUT2D eigenvalue weighted by atomic mass is 9.95. The first-order valence-electron chi connectivity index (χ1n) is 10.4. The fraction of sp³-hybridized carbons (Fsp3) is 0.240. The van der Waals surface area contributed by atoms with Gasteiger partial charge in [0, 0.05) is 30.5 Å². The SMILES string of the molecule is Cc1csc(N(C(=O)C2CCN(C(=O)/C=C/c3ccccc3)CC2)c2ccccc2)n1. The van der Waals surface area contributed by atoms with Crippen molar-refractivity contribution in [3.63, 3.8) is 0 Å². The Balaban J connectivity index is 1.42. The van der Waals surface area contributed by atoms with Crippen molar-refractivity contribution < 1.29 is 9.59 Å². The van der Waals surface area contributed by atoms with E-state index in [1.165, 1.54) is 11.3 Å². The second-order valence-electron chi connectivity index (χ2n) is 7.62. The number of likely N-dealkylation sites (tertiary alicyclic amines) is 1. The van der Waals surface area contributed by atoms with Gasteiger partial charge in [-0.25, -0.2) is 4.98 Å². The number of benzene rings is 2. The first-order valence-corrected chi connectivity index (χ1v) is 11.3. The number of hydrogen-bond acceptors (Lipinski definition) is 4. The van der Waals surface area contributed by atoms with Crippen LogP contribution in [0.2, 0.25) is 0 Å². The van der Waals surface area contributed by atoms with Crippen LogP contribution in [0.3, 0.4) is 0 Å². The zero-order chi connectivity index (χ0) is 21.6. The summed E-state index contributed by atoms with van der Waals surface area (Å²) < 4.78 is 0. The number of piperidine rings is 1. The molecule has 0 radical (unpaired) electrons. The number of rotatable bonds is 5. The minimum Gasteiger partial charge on any atom is -0.339 e. The van der Waals surface area contributed by atoms with Crippen LogP contribution in [-0.4, -0.2) is 34.8 Å². The highest BCUT2D eigenvalue weighted by Crippen LogP contribution is 2.32. The summed E-state index contributed by atoms with van der Waals surface area (Å²) in [6.07, 6.45) is 4.75. The number of amides is 2. The smallest absolute Gasteiger partial charge is 0.246 e. The fourth-order valence-corrected chi connectivity index (χ4v) is 4.55. The van der Waals surface area contributed by atoms with Crippen molar-refractivity contribution in [1.82, 2.24) is 9.88 Å². The molecule has 3 aromatic rings. The van der Waals surface area contributed by atoms with E-state index in [2.05, 4.69) is 4.98 Å². The molecule has 0 saturated carbocycles. The number of para-hydroxylation sites is 1. The molecule has 5 nitrogen and oxygen atoms in total. The van der Waals surface area contributed by atoms with Crippen LogP contribution in [0.25, 0.3) is 6.08 Å². The zero-order valence-electron chi connectivity index (χ0n) is 17.5. The molecule has 4 rings (SSSR count). The Labute approximate surface area is 186 Å². The summed E-state index contributed by atoms with van der Waals surface area (Å²) in [5, 5.41) is 2.65. The highest BCUT2D eigenvalue weighted by Gasteiger charge is 2.32. The summed E-state index contributed by atoms with van der Waals surface area (Å²) in [5.41, 5.74) is 2.73. The van der Waals surface area contributed by atoms with Crippen LogP contribution in [0, 0.1) is 12.8 Å². The van der Waals surface area contributed by atoms with E-state index in [9.17, 15) is 9.59 Å². The quantitative estimate of drug-likeness (QED) is 0.530. The molecule has 31 heavy (non-hydrogen) atoms. The Bertz CT molecular complexity index is 1050. The van der Waals surface area contributed by atoms with E-state index in [1.54, 1.807) is 11.0 Å². The highest BCUT2D eigenvalue weighted by molar-refractivity contribution is 7.14. The molecule has 2 aromatic carbocycles. The average molecular weight is 432 g/mol. The van der Waals surface area contributed by atoms with Crippen molar-refractivity contribution in [2.24, 2.45) is 5.92 Å². The van der Waals surface area contributed by atoms with Crippen LogP contribution in [-0.2, 0) is 9.59 Å². The minimum atomic E-state index is -0.133. The highest BCUT2D eigenvalue weighted by atomic mass is 32.1. The van der Waals surface area contributed by atoms with Gasteiger partial charge in [0.05, 0.1) is 11.4 Å². The monoisotopic (exact) mass is 431 g/mol. The molecule has 0 N–H and O–H groups in total. The number of nitrogens with zero attached hydrogens (tertiary/aromatic N) is 3. The van der Waals surface area contributed by atoms with E-state index in [4.69, 9.17) is 0 Å². The van der Waals surface area contributed by atoms with Gasteiger partial charge in [0.1, 0.15) is 0 Å². The summed E-state index contributed by atoms with van der Waals surface area (Å²) >= 11 is 1.48. The summed E-state index contributed by atoms with van der Waals surface area (Å²) in [6, 6.07) is 19.4. The van der Waals surface area contributed by atoms with Crippen molar-refractivity contribution in [3.05, 3.63) is 83.4 Å². The molecule has 1 aliphatic heterocycles. The average Bonchev–Trinajstić information content (AvgIpc) is 3.24. The number of aromatic nitrogens is 1. The lowest BCUT2D eigenvalue weighted by Crippen LogP contribution is -2.43. The molecular formula is C25H25N3O2S. The first kappa shape index (κ1) is 21.0.